The molecule has 40 heavy (non-hydrogen) atoms. The highest BCUT2D eigenvalue weighted by Crippen LogP contribution is 2.52. The van der Waals surface area contributed by atoms with Crippen LogP contribution in [-0.2, 0) is 0 Å². The summed E-state index contributed by atoms with van der Waals surface area (Å²) in [7, 11) is 3.12. The van der Waals surface area contributed by atoms with Crippen molar-refractivity contribution in [2.75, 3.05) is 24.0 Å². The smallest absolute Gasteiger partial charge is 0.420 e. The molecule has 0 saturated heterocycles. The average molecular weight is 577 g/mol. The van der Waals surface area contributed by atoms with Crippen LogP contribution in [0.4, 0.5) is 21.0 Å². The molecule has 0 bridgehead atoms. The summed E-state index contributed by atoms with van der Waals surface area (Å²) >= 11 is 13.0. The Labute approximate surface area is 240 Å². The molecular weight excluding hydrogens is 555 g/mol. The number of hydrogen-bond donors (Lipinski definition) is 0. The van der Waals surface area contributed by atoms with Gasteiger partial charge in [0.1, 0.15) is 23.0 Å². The predicted octanol–water partition coefficient (Wildman–Crippen LogP) is 7.83. The van der Waals surface area contributed by atoms with Gasteiger partial charge in [-0.3, -0.25) is 9.80 Å². The number of amides is 2. The highest BCUT2D eigenvalue weighted by atomic mass is 35.5. The van der Waals surface area contributed by atoms with E-state index in [0.717, 1.165) is 0 Å². The number of carbonyl (C=O) groups is 2. The molecule has 0 N–H and O–H groups in total. The van der Waals surface area contributed by atoms with E-state index in [2.05, 4.69) is 0 Å². The van der Waals surface area contributed by atoms with E-state index in [-0.39, 0.29) is 0 Å². The third-order valence-electron chi connectivity index (χ3n) is 6.93. The first-order valence-electron chi connectivity index (χ1n) is 12.3. The largest absolute Gasteiger partial charge is 0.497 e. The van der Waals surface area contributed by atoms with Crippen molar-refractivity contribution in [3.8, 4) is 23.0 Å². The molecule has 0 spiro atoms. The Morgan fingerprint density at radius 3 is 1.32 bits per heavy atom. The standard InChI is InChI=1S/C30H22Cl2N2O6/c1-37-21-9-5-19(6-10-21)33-27(23-15-17(31)3-13-25(23)39-29(33)35)28-24-16-18(32)4-14-26(24)40-30(36)34(28)20-7-11-22(38-2)12-8-20/h3-16,27-28H,1-2H3/t27-,28-/m0/s1. The lowest BCUT2D eigenvalue weighted by Crippen LogP contribution is -2.51. The molecule has 10 heteroatoms. The summed E-state index contributed by atoms with van der Waals surface area (Å²) in [6, 6.07) is 22.4. The minimum Gasteiger partial charge on any atom is -0.497 e. The number of nitrogens with zero attached hydrogens (tertiary/aromatic N) is 2. The van der Waals surface area contributed by atoms with Crippen LogP contribution in [0.2, 0.25) is 10.0 Å². The van der Waals surface area contributed by atoms with Crippen LogP contribution in [0.3, 0.4) is 0 Å². The number of benzene rings is 4. The zero-order valence-electron chi connectivity index (χ0n) is 21.3. The van der Waals surface area contributed by atoms with E-state index in [1.54, 1.807) is 99.1 Å². The minimum absolute atomic E-state index is 0.335. The second-order valence-corrected chi connectivity index (χ2v) is 10.00. The van der Waals surface area contributed by atoms with E-state index in [9.17, 15) is 9.59 Å². The van der Waals surface area contributed by atoms with Crippen LogP contribution in [0.25, 0.3) is 0 Å². The third kappa shape index (κ3) is 4.45. The zero-order chi connectivity index (χ0) is 28.0. The molecular formula is C30H22Cl2N2O6. The van der Waals surface area contributed by atoms with Crippen LogP contribution in [0.5, 0.6) is 23.0 Å². The van der Waals surface area contributed by atoms with Crippen molar-refractivity contribution < 1.29 is 28.5 Å². The molecule has 2 heterocycles. The molecule has 8 nitrogen and oxygen atoms in total. The second kappa shape index (κ2) is 10.3. The molecule has 0 unspecified atom stereocenters. The van der Waals surface area contributed by atoms with Gasteiger partial charge in [-0.2, -0.15) is 0 Å². The van der Waals surface area contributed by atoms with Crippen LogP contribution in [0.15, 0.2) is 84.9 Å². The average Bonchev–Trinajstić information content (AvgIpc) is 2.96. The summed E-state index contributed by atoms with van der Waals surface area (Å²) in [6.07, 6.45) is -1.25. The Morgan fingerprint density at radius 2 is 0.975 bits per heavy atom. The zero-order valence-corrected chi connectivity index (χ0v) is 22.8. The maximum absolute atomic E-state index is 13.7. The molecule has 0 aliphatic carbocycles. The number of halogens is 2. The van der Waals surface area contributed by atoms with Crippen molar-refractivity contribution in [2.45, 2.75) is 12.1 Å². The molecule has 2 aliphatic heterocycles. The predicted molar refractivity (Wildman–Crippen MR) is 151 cm³/mol. The number of ether oxygens (including phenoxy) is 4. The Bertz CT molecular complexity index is 1490. The van der Waals surface area contributed by atoms with Crippen molar-refractivity contribution in [1.29, 1.82) is 0 Å². The lowest BCUT2D eigenvalue weighted by Gasteiger charge is -2.46. The molecule has 2 amide bonds. The van der Waals surface area contributed by atoms with Crippen molar-refractivity contribution in [3.63, 3.8) is 0 Å². The first-order valence-corrected chi connectivity index (χ1v) is 13.0. The van der Waals surface area contributed by atoms with E-state index >= 15 is 0 Å². The SMILES string of the molecule is COc1ccc(N2C(=O)Oc3ccc(Cl)cc3[C@H]2[C@@H]2c3cc(Cl)ccc3OC(=O)N2c2ccc(OC)cc2)cc1. The first kappa shape index (κ1) is 25.9. The summed E-state index contributed by atoms with van der Waals surface area (Å²) < 4.78 is 22.2. The first-order chi connectivity index (χ1) is 19.4. The summed E-state index contributed by atoms with van der Waals surface area (Å²) in [5, 5.41) is 0.883. The highest BCUT2D eigenvalue weighted by molar-refractivity contribution is 6.31. The van der Waals surface area contributed by atoms with Gasteiger partial charge in [0.25, 0.3) is 0 Å². The number of hydrogen-bond acceptors (Lipinski definition) is 6. The van der Waals surface area contributed by atoms with E-state index in [1.165, 1.54) is 9.80 Å². The fourth-order valence-corrected chi connectivity index (χ4v) is 5.48. The number of rotatable bonds is 5. The van der Waals surface area contributed by atoms with Gasteiger partial charge in [0.05, 0.1) is 26.3 Å². The van der Waals surface area contributed by atoms with Crippen molar-refractivity contribution in [1.82, 2.24) is 0 Å². The highest BCUT2D eigenvalue weighted by Gasteiger charge is 2.48. The van der Waals surface area contributed by atoms with Gasteiger partial charge in [-0.25, -0.2) is 9.59 Å². The molecule has 202 valence electrons. The number of methoxy groups -OCH3 is 2. The Hall–Kier alpha value is -4.40. The van der Waals surface area contributed by atoms with Gasteiger partial charge in [0.15, 0.2) is 0 Å². The van der Waals surface area contributed by atoms with Gasteiger partial charge in [0.2, 0.25) is 0 Å². The monoisotopic (exact) mass is 576 g/mol. The molecule has 4 aromatic rings. The van der Waals surface area contributed by atoms with E-state index < -0.39 is 24.3 Å². The summed E-state index contributed by atoms with van der Waals surface area (Å²) in [5.74, 6) is 1.91. The quantitative estimate of drug-likeness (QED) is 0.241. The van der Waals surface area contributed by atoms with E-state index in [4.69, 9.17) is 42.1 Å². The lowest BCUT2D eigenvalue weighted by molar-refractivity contribution is 0.185. The van der Waals surface area contributed by atoms with Crippen molar-refractivity contribution in [3.05, 3.63) is 106 Å². The second-order valence-electron chi connectivity index (χ2n) is 9.13. The number of anilines is 2. The maximum Gasteiger partial charge on any atom is 0.420 e. The molecule has 0 fully saturated rings. The van der Waals surface area contributed by atoms with Crippen LogP contribution >= 0.6 is 23.2 Å². The van der Waals surface area contributed by atoms with E-state index in [1.807, 2.05) is 0 Å². The Morgan fingerprint density at radius 1 is 0.600 bits per heavy atom. The molecule has 6 rings (SSSR count). The summed E-state index contributed by atoms with van der Waals surface area (Å²) in [6.45, 7) is 0. The fourth-order valence-electron chi connectivity index (χ4n) is 5.12. The molecule has 0 saturated carbocycles. The van der Waals surface area contributed by atoms with Crippen LogP contribution in [0, 0.1) is 0 Å². The number of fused-ring (bicyclic) bond motifs is 2. The Balaban J connectivity index is 1.62. The van der Waals surface area contributed by atoms with Crippen LogP contribution < -0.4 is 28.7 Å². The molecule has 0 aromatic heterocycles. The Kier molecular flexibility index (Phi) is 6.65. The van der Waals surface area contributed by atoms with Gasteiger partial charge < -0.3 is 18.9 Å². The summed E-state index contributed by atoms with van der Waals surface area (Å²) in [4.78, 5) is 30.4. The minimum atomic E-state index is -0.796. The van der Waals surface area contributed by atoms with Crippen LogP contribution in [0.1, 0.15) is 23.2 Å². The van der Waals surface area contributed by atoms with Crippen LogP contribution in [-0.4, -0.2) is 26.4 Å². The van der Waals surface area contributed by atoms with Crippen molar-refractivity contribution in [2.24, 2.45) is 0 Å². The maximum atomic E-state index is 13.7. The van der Waals surface area contributed by atoms with Gasteiger partial charge in [-0.05, 0) is 84.9 Å². The molecule has 4 aromatic carbocycles. The fraction of sp³-hybridized carbons (Fsp3) is 0.133. The van der Waals surface area contributed by atoms with Gasteiger partial charge in [-0.1, -0.05) is 23.2 Å². The third-order valence-corrected chi connectivity index (χ3v) is 7.40. The van der Waals surface area contributed by atoms with Gasteiger partial charge in [0, 0.05) is 32.5 Å². The van der Waals surface area contributed by atoms with E-state index in [0.29, 0.717) is 55.5 Å². The van der Waals surface area contributed by atoms with Gasteiger partial charge in [-0.15, -0.1) is 0 Å². The normalized spacial score (nSPS) is 17.9. The number of carbonyl (C=O) groups excluding carboxylic acids is 2. The van der Waals surface area contributed by atoms with Crippen molar-refractivity contribution >= 4 is 46.8 Å². The van der Waals surface area contributed by atoms with Gasteiger partial charge >= 0.3 is 12.2 Å². The molecule has 2 aliphatic rings. The lowest BCUT2D eigenvalue weighted by atomic mass is 9.87. The molecule has 0 radical (unpaired) electrons. The molecule has 2 atom stereocenters. The topological polar surface area (TPSA) is 77.5 Å². The summed E-state index contributed by atoms with van der Waals surface area (Å²) in [5.41, 5.74) is 2.26.